The summed E-state index contributed by atoms with van der Waals surface area (Å²) in [6.07, 6.45) is 1.95. The second-order valence-electron chi connectivity index (χ2n) is 4.70. The molecule has 1 aromatic carbocycles. The second-order valence-corrected chi connectivity index (χ2v) is 4.70. The second kappa shape index (κ2) is 6.16. The number of para-hydroxylation sites is 1. The zero-order valence-electron chi connectivity index (χ0n) is 10.8. The van der Waals surface area contributed by atoms with Crippen molar-refractivity contribution in [3.63, 3.8) is 0 Å². The van der Waals surface area contributed by atoms with Crippen molar-refractivity contribution in [3.8, 4) is 0 Å². The van der Waals surface area contributed by atoms with Crippen LogP contribution in [0.5, 0.6) is 0 Å². The largest absolute Gasteiger partial charge is 0.394 e. The minimum Gasteiger partial charge on any atom is -0.394 e. The van der Waals surface area contributed by atoms with Gasteiger partial charge in [-0.25, -0.2) is 4.39 Å². The van der Waals surface area contributed by atoms with Gasteiger partial charge in [-0.3, -0.25) is 0 Å². The van der Waals surface area contributed by atoms with Gasteiger partial charge < -0.3 is 15.3 Å². The van der Waals surface area contributed by atoms with Crippen LogP contribution in [-0.4, -0.2) is 30.8 Å². The average Bonchev–Trinajstić information content (AvgIpc) is 2.84. The van der Waals surface area contributed by atoms with Crippen molar-refractivity contribution in [2.24, 2.45) is 0 Å². The summed E-state index contributed by atoms with van der Waals surface area (Å²) < 4.78 is 14.1. The number of aliphatic hydroxyl groups is 1. The van der Waals surface area contributed by atoms with Gasteiger partial charge in [0.05, 0.1) is 18.3 Å². The van der Waals surface area contributed by atoms with Gasteiger partial charge in [0.2, 0.25) is 0 Å². The van der Waals surface area contributed by atoms with Gasteiger partial charge in [-0.2, -0.15) is 0 Å². The minimum absolute atomic E-state index is 0.0577. The summed E-state index contributed by atoms with van der Waals surface area (Å²) >= 11 is 0. The summed E-state index contributed by atoms with van der Waals surface area (Å²) in [5.74, 6) is -0.189. The quantitative estimate of drug-likeness (QED) is 0.840. The number of rotatable bonds is 5. The average molecular weight is 252 g/mol. The van der Waals surface area contributed by atoms with Gasteiger partial charge in [0.1, 0.15) is 5.82 Å². The van der Waals surface area contributed by atoms with E-state index in [2.05, 4.69) is 5.32 Å². The highest BCUT2D eigenvalue weighted by molar-refractivity contribution is 5.56. The van der Waals surface area contributed by atoms with E-state index >= 15 is 0 Å². The Morgan fingerprint density at radius 1 is 1.50 bits per heavy atom. The molecule has 0 spiro atoms. The molecular formula is C14H21FN2O. The van der Waals surface area contributed by atoms with Crippen LogP contribution in [0.1, 0.15) is 25.3 Å². The highest BCUT2D eigenvalue weighted by Gasteiger charge is 2.27. The summed E-state index contributed by atoms with van der Waals surface area (Å²) in [6, 6.07) is 5.25. The highest BCUT2D eigenvalue weighted by Crippen LogP contribution is 2.31. The van der Waals surface area contributed by atoms with Crippen molar-refractivity contribution in [2.75, 3.05) is 24.6 Å². The van der Waals surface area contributed by atoms with Gasteiger partial charge in [0, 0.05) is 13.1 Å². The Morgan fingerprint density at radius 3 is 3.06 bits per heavy atom. The molecular weight excluding hydrogens is 231 g/mol. The number of nitrogens with one attached hydrogen (secondary N) is 1. The van der Waals surface area contributed by atoms with Crippen molar-refractivity contribution in [1.29, 1.82) is 0 Å². The molecule has 0 amide bonds. The Labute approximate surface area is 108 Å². The Morgan fingerprint density at radius 2 is 2.33 bits per heavy atom. The molecule has 1 fully saturated rings. The molecule has 0 bridgehead atoms. The van der Waals surface area contributed by atoms with Crippen LogP contribution in [0.2, 0.25) is 0 Å². The predicted octanol–water partition coefficient (Wildman–Crippen LogP) is 1.90. The number of benzene rings is 1. The van der Waals surface area contributed by atoms with E-state index in [-0.39, 0.29) is 18.5 Å². The molecule has 1 saturated heterocycles. The molecule has 3 nitrogen and oxygen atoms in total. The van der Waals surface area contributed by atoms with Crippen LogP contribution in [0, 0.1) is 5.82 Å². The smallest absolute Gasteiger partial charge is 0.146 e. The third-order valence-electron chi connectivity index (χ3n) is 3.51. The highest BCUT2D eigenvalue weighted by atomic mass is 19.1. The zero-order chi connectivity index (χ0) is 13.0. The van der Waals surface area contributed by atoms with E-state index < -0.39 is 0 Å². The number of hydrogen-bond acceptors (Lipinski definition) is 3. The van der Waals surface area contributed by atoms with Crippen LogP contribution in [-0.2, 0) is 6.54 Å². The van der Waals surface area contributed by atoms with Gasteiger partial charge >= 0.3 is 0 Å². The molecule has 1 unspecified atom stereocenters. The molecule has 1 heterocycles. The van der Waals surface area contributed by atoms with Crippen LogP contribution in [0.15, 0.2) is 18.2 Å². The standard InChI is InChI=1S/C14H21FN2O/c1-2-16-9-11-5-3-7-13(15)14(11)17-8-4-6-12(17)10-18/h3,5,7,12,16,18H,2,4,6,8-10H2,1H3. The van der Waals surface area contributed by atoms with Crippen molar-refractivity contribution >= 4 is 5.69 Å². The fourth-order valence-electron chi connectivity index (χ4n) is 2.60. The molecule has 1 aliphatic rings. The summed E-state index contributed by atoms with van der Waals surface area (Å²) in [5.41, 5.74) is 1.63. The maximum absolute atomic E-state index is 14.1. The number of nitrogens with zero attached hydrogens (tertiary/aromatic N) is 1. The first-order valence-electron chi connectivity index (χ1n) is 6.63. The fraction of sp³-hybridized carbons (Fsp3) is 0.571. The van der Waals surface area contributed by atoms with Crippen molar-refractivity contribution < 1.29 is 9.50 Å². The molecule has 18 heavy (non-hydrogen) atoms. The van der Waals surface area contributed by atoms with Crippen LogP contribution in [0.25, 0.3) is 0 Å². The lowest BCUT2D eigenvalue weighted by Crippen LogP contribution is -2.34. The predicted molar refractivity (Wildman–Crippen MR) is 71.2 cm³/mol. The van der Waals surface area contributed by atoms with E-state index in [9.17, 15) is 9.50 Å². The Hall–Kier alpha value is -1.13. The van der Waals surface area contributed by atoms with E-state index in [1.807, 2.05) is 17.9 Å². The maximum Gasteiger partial charge on any atom is 0.146 e. The molecule has 2 rings (SSSR count). The van der Waals surface area contributed by atoms with Crippen LogP contribution in [0.4, 0.5) is 10.1 Å². The lowest BCUT2D eigenvalue weighted by molar-refractivity contribution is 0.266. The fourth-order valence-corrected chi connectivity index (χ4v) is 2.60. The topological polar surface area (TPSA) is 35.5 Å². The third-order valence-corrected chi connectivity index (χ3v) is 3.51. The lowest BCUT2D eigenvalue weighted by atomic mass is 10.1. The molecule has 100 valence electrons. The monoisotopic (exact) mass is 252 g/mol. The van der Waals surface area contributed by atoms with Crippen LogP contribution < -0.4 is 10.2 Å². The first kappa shape index (κ1) is 13.3. The first-order chi connectivity index (χ1) is 8.77. The van der Waals surface area contributed by atoms with Crippen molar-refractivity contribution in [3.05, 3.63) is 29.6 Å². The normalized spacial score (nSPS) is 19.5. The molecule has 1 aliphatic heterocycles. The Bertz CT molecular complexity index is 397. The molecule has 1 atom stereocenters. The van der Waals surface area contributed by atoms with Gasteiger partial charge in [-0.05, 0) is 31.0 Å². The molecule has 0 aliphatic carbocycles. The molecule has 4 heteroatoms. The molecule has 1 aromatic rings. The van der Waals surface area contributed by atoms with Gasteiger partial charge in [-0.1, -0.05) is 19.1 Å². The first-order valence-corrected chi connectivity index (χ1v) is 6.63. The van der Waals surface area contributed by atoms with Gasteiger partial charge in [0.15, 0.2) is 0 Å². The Balaban J connectivity index is 2.29. The molecule has 2 N–H and O–H groups in total. The summed E-state index contributed by atoms with van der Waals surface area (Å²) in [4.78, 5) is 2.02. The number of anilines is 1. The number of aliphatic hydroxyl groups excluding tert-OH is 1. The Kier molecular flexibility index (Phi) is 4.55. The van der Waals surface area contributed by atoms with E-state index in [0.717, 1.165) is 31.5 Å². The third kappa shape index (κ3) is 2.65. The van der Waals surface area contributed by atoms with E-state index in [1.165, 1.54) is 6.07 Å². The van der Waals surface area contributed by atoms with E-state index in [4.69, 9.17) is 0 Å². The van der Waals surface area contributed by atoms with Crippen molar-refractivity contribution in [2.45, 2.75) is 32.4 Å². The molecule has 0 saturated carbocycles. The van der Waals surface area contributed by atoms with E-state index in [1.54, 1.807) is 6.07 Å². The lowest BCUT2D eigenvalue weighted by Gasteiger charge is -2.28. The number of halogens is 1. The van der Waals surface area contributed by atoms with Gasteiger partial charge in [-0.15, -0.1) is 0 Å². The summed E-state index contributed by atoms with van der Waals surface area (Å²) in [7, 11) is 0. The minimum atomic E-state index is -0.189. The van der Waals surface area contributed by atoms with E-state index in [0.29, 0.717) is 12.2 Å². The summed E-state index contributed by atoms with van der Waals surface area (Å²) in [5, 5.41) is 12.6. The SMILES string of the molecule is CCNCc1cccc(F)c1N1CCCC1CO. The van der Waals surface area contributed by atoms with Crippen LogP contribution in [0.3, 0.4) is 0 Å². The zero-order valence-corrected chi connectivity index (χ0v) is 10.8. The summed E-state index contributed by atoms with van der Waals surface area (Å²) in [6.45, 7) is 4.48. The molecule has 0 aromatic heterocycles. The maximum atomic E-state index is 14.1. The van der Waals surface area contributed by atoms with Crippen LogP contribution >= 0.6 is 0 Å². The molecule has 0 radical (unpaired) electrons. The van der Waals surface area contributed by atoms with Gasteiger partial charge in [0.25, 0.3) is 0 Å². The number of hydrogen-bond donors (Lipinski definition) is 2. The van der Waals surface area contributed by atoms with Crippen molar-refractivity contribution in [1.82, 2.24) is 5.32 Å².